The van der Waals surface area contributed by atoms with E-state index in [-0.39, 0.29) is 0 Å². The third kappa shape index (κ3) is 3.64. The second-order valence-corrected chi connectivity index (χ2v) is 6.06. The van der Waals surface area contributed by atoms with Gasteiger partial charge in [0.2, 0.25) is 0 Å². The fourth-order valence-corrected chi connectivity index (χ4v) is 2.84. The number of aliphatic hydroxyl groups is 1. The number of aryl methyl sites for hydroxylation is 1. The second kappa shape index (κ2) is 6.46. The van der Waals surface area contributed by atoms with Gasteiger partial charge in [0.15, 0.2) is 0 Å². The number of aromatic nitrogens is 1. The normalized spacial score (nSPS) is 21.9. The molecule has 4 nitrogen and oxygen atoms in total. The van der Waals surface area contributed by atoms with Crippen molar-refractivity contribution in [3.05, 3.63) is 59.9 Å². The Hall–Kier alpha value is -1.91. The van der Waals surface area contributed by atoms with Gasteiger partial charge in [-0.15, -0.1) is 0 Å². The van der Waals surface area contributed by atoms with Gasteiger partial charge in [-0.2, -0.15) is 0 Å². The minimum atomic E-state index is -0.781. The monoisotopic (exact) mass is 298 g/mol. The largest absolute Gasteiger partial charge is 0.490 e. The van der Waals surface area contributed by atoms with Crippen LogP contribution in [0.3, 0.4) is 0 Å². The zero-order valence-corrected chi connectivity index (χ0v) is 12.9. The lowest BCUT2D eigenvalue weighted by Crippen LogP contribution is -2.39. The first-order valence-corrected chi connectivity index (χ1v) is 7.68. The summed E-state index contributed by atoms with van der Waals surface area (Å²) < 4.78 is 5.83. The van der Waals surface area contributed by atoms with Gasteiger partial charge in [0.05, 0.1) is 5.69 Å². The molecule has 2 aromatic rings. The summed E-state index contributed by atoms with van der Waals surface area (Å²) >= 11 is 0. The number of hydrogen-bond donors (Lipinski definition) is 1. The number of para-hydroxylation sites is 1. The molecule has 1 aliphatic heterocycles. The SMILES string of the molecule is Cc1ccccc1OC[C@@]1(O)CCN(Cc2ccccn2)C1. The van der Waals surface area contributed by atoms with E-state index >= 15 is 0 Å². The van der Waals surface area contributed by atoms with E-state index in [1.807, 2.05) is 49.4 Å². The Balaban J connectivity index is 1.55. The van der Waals surface area contributed by atoms with E-state index in [0.717, 1.165) is 36.5 Å². The molecule has 1 N–H and O–H groups in total. The molecule has 4 heteroatoms. The van der Waals surface area contributed by atoms with Crippen LogP contribution >= 0.6 is 0 Å². The first kappa shape index (κ1) is 15.0. The Morgan fingerprint density at radius 1 is 1.23 bits per heavy atom. The second-order valence-electron chi connectivity index (χ2n) is 6.06. The molecule has 22 heavy (non-hydrogen) atoms. The van der Waals surface area contributed by atoms with E-state index < -0.39 is 5.60 Å². The van der Waals surface area contributed by atoms with Crippen molar-refractivity contribution in [1.82, 2.24) is 9.88 Å². The van der Waals surface area contributed by atoms with Crippen molar-refractivity contribution >= 4 is 0 Å². The lowest BCUT2D eigenvalue weighted by atomic mass is 10.1. The quantitative estimate of drug-likeness (QED) is 0.921. The Kier molecular flexibility index (Phi) is 4.41. The van der Waals surface area contributed by atoms with Gasteiger partial charge in [0, 0.05) is 25.8 Å². The van der Waals surface area contributed by atoms with Crippen LogP contribution in [0, 0.1) is 6.92 Å². The van der Waals surface area contributed by atoms with Gasteiger partial charge in [-0.25, -0.2) is 0 Å². The van der Waals surface area contributed by atoms with Gasteiger partial charge in [0.25, 0.3) is 0 Å². The summed E-state index contributed by atoms with van der Waals surface area (Å²) in [6.07, 6.45) is 2.53. The Labute approximate surface area is 131 Å². The van der Waals surface area contributed by atoms with Gasteiger partial charge in [-0.1, -0.05) is 24.3 Å². The standard InChI is InChI=1S/C18H22N2O2/c1-15-6-2-3-8-17(15)22-14-18(21)9-11-20(13-18)12-16-7-4-5-10-19-16/h2-8,10,21H,9,11-14H2,1H3/t18-/m1/s1. The van der Waals surface area contributed by atoms with Crippen LogP contribution in [0.1, 0.15) is 17.7 Å². The van der Waals surface area contributed by atoms with Crippen molar-refractivity contribution < 1.29 is 9.84 Å². The summed E-state index contributed by atoms with van der Waals surface area (Å²) in [4.78, 5) is 6.57. The van der Waals surface area contributed by atoms with Crippen LogP contribution in [0.2, 0.25) is 0 Å². The van der Waals surface area contributed by atoms with E-state index in [9.17, 15) is 5.11 Å². The lowest BCUT2D eigenvalue weighted by Gasteiger charge is -2.24. The van der Waals surface area contributed by atoms with Gasteiger partial charge >= 0.3 is 0 Å². The first-order chi connectivity index (χ1) is 10.6. The number of β-amino-alcohol motifs (C(OH)–C–C–N with tert-alkyl or cyclic N) is 1. The van der Waals surface area contributed by atoms with Crippen LogP contribution in [0.25, 0.3) is 0 Å². The molecule has 116 valence electrons. The van der Waals surface area contributed by atoms with Crippen LogP contribution in [0.15, 0.2) is 48.7 Å². The van der Waals surface area contributed by atoms with Crippen molar-refractivity contribution in [3.63, 3.8) is 0 Å². The number of ether oxygens (including phenoxy) is 1. The summed E-state index contributed by atoms with van der Waals surface area (Å²) in [5.74, 6) is 0.846. The number of nitrogens with zero attached hydrogens (tertiary/aromatic N) is 2. The Bertz CT molecular complexity index is 617. The highest BCUT2D eigenvalue weighted by molar-refractivity contribution is 5.31. The number of likely N-dealkylation sites (tertiary alicyclic amines) is 1. The molecule has 2 heterocycles. The molecule has 0 radical (unpaired) electrons. The van der Waals surface area contributed by atoms with Gasteiger partial charge in [-0.3, -0.25) is 9.88 Å². The summed E-state index contributed by atoms with van der Waals surface area (Å²) in [6, 6.07) is 13.8. The molecule has 0 unspecified atom stereocenters. The molecule has 0 aliphatic carbocycles. The van der Waals surface area contributed by atoms with E-state index in [1.54, 1.807) is 6.20 Å². The minimum Gasteiger partial charge on any atom is -0.490 e. The van der Waals surface area contributed by atoms with E-state index in [1.165, 1.54) is 0 Å². The molecule has 3 rings (SSSR count). The number of benzene rings is 1. The molecular weight excluding hydrogens is 276 g/mol. The zero-order chi connectivity index (χ0) is 15.4. The molecule has 0 saturated carbocycles. The fourth-order valence-electron chi connectivity index (χ4n) is 2.84. The lowest BCUT2D eigenvalue weighted by molar-refractivity contribution is 0.00312. The molecule has 1 atom stereocenters. The Morgan fingerprint density at radius 2 is 2.05 bits per heavy atom. The fraction of sp³-hybridized carbons (Fsp3) is 0.389. The van der Waals surface area contributed by atoms with E-state index in [2.05, 4.69) is 9.88 Å². The zero-order valence-electron chi connectivity index (χ0n) is 12.9. The van der Waals surface area contributed by atoms with Crippen LogP contribution in [-0.4, -0.2) is 40.3 Å². The molecule has 1 aromatic carbocycles. The number of pyridine rings is 1. The highest BCUT2D eigenvalue weighted by Gasteiger charge is 2.37. The number of hydrogen-bond acceptors (Lipinski definition) is 4. The molecule has 0 spiro atoms. The predicted octanol–water partition coefficient (Wildman–Crippen LogP) is 2.41. The van der Waals surface area contributed by atoms with Crippen molar-refractivity contribution in [2.24, 2.45) is 0 Å². The van der Waals surface area contributed by atoms with Crippen LogP contribution < -0.4 is 4.74 Å². The van der Waals surface area contributed by atoms with Crippen LogP contribution in [-0.2, 0) is 6.54 Å². The maximum absolute atomic E-state index is 10.7. The molecule has 1 aromatic heterocycles. The first-order valence-electron chi connectivity index (χ1n) is 7.68. The maximum Gasteiger partial charge on any atom is 0.122 e. The van der Waals surface area contributed by atoms with E-state index in [4.69, 9.17) is 4.74 Å². The Morgan fingerprint density at radius 3 is 2.82 bits per heavy atom. The third-order valence-corrected chi connectivity index (χ3v) is 4.11. The average Bonchev–Trinajstić information content (AvgIpc) is 2.89. The maximum atomic E-state index is 10.7. The van der Waals surface area contributed by atoms with Crippen molar-refractivity contribution in [3.8, 4) is 5.75 Å². The van der Waals surface area contributed by atoms with Crippen molar-refractivity contribution in [2.45, 2.75) is 25.5 Å². The third-order valence-electron chi connectivity index (χ3n) is 4.11. The highest BCUT2D eigenvalue weighted by Crippen LogP contribution is 2.25. The summed E-state index contributed by atoms with van der Waals surface area (Å²) in [7, 11) is 0. The van der Waals surface area contributed by atoms with Crippen molar-refractivity contribution in [1.29, 1.82) is 0 Å². The molecule has 1 saturated heterocycles. The van der Waals surface area contributed by atoms with Gasteiger partial charge in [-0.05, 0) is 37.1 Å². The topological polar surface area (TPSA) is 45.6 Å². The van der Waals surface area contributed by atoms with E-state index in [0.29, 0.717) is 13.2 Å². The molecule has 1 fully saturated rings. The summed E-state index contributed by atoms with van der Waals surface area (Å²) in [5.41, 5.74) is 1.35. The highest BCUT2D eigenvalue weighted by atomic mass is 16.5. The van der Waals surface area contributed by atoms with Gasteiger partial charge < -0.3 is 9.84 Å². The molecule has 0 bridgehead atoms. The van der Waals surface area contributed by atoms with Crippen LogP contribution in [0.5, 0.6) is 5.75 Å². The summed E-state index contributed by atoms with van der Waals surface area (Å²) in [6.45, 7) is 4.60. The minimum absolute atomic E-state index is 0.330. The molecule has 1 aliphatic rings. The average molecular weight is 298 g/mol. The van der Waals surface area contributed by atoms with Crippen LogP contribution in [0.4, 0.5) is 0 Å². The van der Waals surface area contributed by atoms with Gasteiger partial charge in [0.1, 0.15) is 18.0 Å². The smallest absolute Gasteiger partial charge is 0.122 e. The number of rotatable bonds is 5. The predicted molar refractivity (Wildman–Crippen MR) is 85.8 cm³/mol. The summed E-state index contributed by atoms with van der Waals surface area (Å²) in [5, 5.41) is 10.7. The van der Waals surface area contributed by atoms with Crippen molar-refractivity contribution in [2.75, 3.05) is 19.7 Å². The molecule has 0 amide bonds. The molecular formula is C18H22N2O2.